The number of nitrogens with zero attached hydrogens (tertiary/aromatic N) is 3. The maximum Gasteiger partial charge on any atom is 0.214 e. The highest BCUT2D eigenvalue weighted by atomic mass is 16.1. The molecule has 1 fully saturated rings. The maximum atomic E-state index is 12.3. The SMILES string of the molecule is CCCc1ccc(C(=O)c2cn(C3CNC3)nn2)cc1. The highest BCUT2D eigenvalue weighted by molar-refractivity contribution is 6.07. The predicted octanol–water partition coefficient (Wildman–Crippen LogP) is 1.61. The Morgan fingerprint density at radius 2 is 2.10 bits per heavy atom. The maximum absolute atomic E-state index is 12.3. The summed E-state index contributed by atoms with van der Waals surface area (Å²) in [5.74, 6) is -0.0634. The molecule has 0 saturated carbocycles. The predicted molar refractivity (Wildman–Crippen MR) is 75.8 cm³/mol. The van der Waals surface area contributed by atoms with E-state index in [2.05, 4.69) is 22.6 Å². The fourth-order valence-corrected chi connectivity index (χ4v) is 2.28. The van der Waals surface area contributed by atoms with Crippen molar-refractivity contribution in [2.24, 2.45) is 0 Å². The summed E-state index contributed by atoms with van der Waals surface area (Å²) < 4.78 is 1.77. The van der Waals surface area contributed by atoms with Crippen molar-refractivity contribution in [3.8, 4) is 0 Å². The smallest absolute Gasteiger partial charge is 0.214 e. The molecule has 1 N–H and O–H groups in total. The molecule has 0 bridgehead atoms. The molecule has 1 saturated heterocycles. The van der Waals surface area contributed by atoms with Crippen molar-refractivity contribution >= 4 is 5.78 Å². The largest absolute Gasteiger partial charge is 0.312 e. The molecule has 1 aromatic heterocycles. The molecule has 0 radical (unpaired) electrons. The number of aryl methyl sites for hydroxylation is 1. The number of carbonyl (C=O) groups excluding carboxylic acids is 1. The van der Waals surface area contributed by atoms with Crippen LogP contribution in [-0.4, -0.2) is 33.9 Å². The Kier molecular flexibility index (Phi) is 3.60. The number of hydrogen-bond acceptors (Lipinski definition) is 4. The van der Waals surface area contributed by atoms with Gasteiger partial charge in [-0.15, -0.1) is 5.10 Å². The second kappa shape index (κ2) is 5.54. The van der Waals surface area contributed by atoms with Gasteiger partial charge in [-0.25, -0.2) is 4.68 Å². The van der Waals surface area contributed by atoms with E-state index in [1.165, 1.54) is 5.56 Å². The second-order valence-corrected chi connectivity index (χ2v) is 5.17. The van der Waals surface area contributed by atoms with Crippen LogP contribution in [0.25, 0.3) is 0 Å². The summed E-state index contributed by atoms with van der Waals surface area (Å²) in [6.45, 7) is 3.93. The average Bonchev–Trinajstić information content (AvgIpc) is 2.86. The molecule has 0 atom stereocenters. The molecule has 2 heterocycles. The third-order valence-electron chi connectivity index (χ3n) is 3.63. The summed E-state index contributed by atoms with van der Waals surface area (Å²) in [5, 5.41) is 11.2. The Balaban J connectivity index is 1.75. The molecule has 5 nitrogen and oxygen atoms in total. The molecule has 104 valence electrons. The minimum Gasteiger partial charge on any atom is -0.312 e. The van der Waals surface area contributed by atoms with Gasteiger partial charge in [-0.1, -0.05) is 42.8 Å². The van der Waals surface area contributed by atoms with E-state index in [1.54, 1.807) is 10.9 Å². The van der Waals surface area contributed by atoms with Crippen LogP contribution in [0.1, 0.15) is 41.0 Å². The zero-order valence-corrected chi connectivity index (χ0v) is 11.5. The lowest BCUT2D eigenvalue weighted by molar-refractivity contribution is 0.103. The Bertz CT molecular complexity index is 599. The molecular weight excluding hydrogens is 252 g/mol. The van der Waals surface area contributed by atoms with Crippen LogP contribution in [0.15, 0.2) is 30.5 Å². The Morgan fingerprint density at radius 1 is 1.35 bits per heavy atom. The minimum atomic E-state index is -0.0634. The topological polar surface area (TPSA) is 59.8 Å². The van der Waals surface area contributed by atoms with Crippen LogP contribution in [0, 0.1) is 0 Å². The van der Waals surface area contributed by atoms with Crippen molar-refractivity contribution in [2.75, 3.05) is 13.1 Å². The summed E-state index contributed by atoms with van der Waals surface area (Å²) in [7, 11) is 0. The highest BCUT2D eigenvalue weighted by Crippen LogP contribution is 2.13. The van der Waals surface area contributed by atoms with E-state index in [0.29, 0.717) is 17.3 Å². The molecule has 0 amide bonds. The average molecular weight is 270 g/mol. The number of aromatic nitrogens is 3. The lowest BCUT2D eigenvalue weighted by Crippen LogP contribution is -2.43. The van der Waals surface area contributed by atoms with E-state index in [1.807, 2.05) is 24.3 Å². The lowest BCUT2D eigenvalue weighted by atomic mass is 10.0. The van der Waals surface area contributed by atoms with Crippen molar-refractivity contribution < 1.29 is 4.79 Å². The second-order valence-electron chi connectivity index (χ2n) is 5.17. The van der Waals surface area contributed by atoms with Crippen LogP contribution in [0.5, 0.6) is 0 Å². The zero-order valence-electron chi connectivity index (χ0n) is 11.5. The monoisotopic (exact) mass is 270 g/mol. The van der Waals surface area contributed by atoms with Crippen molar-refractivity contribution in [3.63, 3.8) is 0 Å². The van der Waals surface area contributed by atoms with Gasteiger partial charge in [0.2, 0.25) is 5.78 Å². The van der Waals surface area contributed by atoms with E-state index < -0.39 is 0 Å². The van der Waals surface area contributed by atoms with Gasteiger partial charge in [0.05, 0.1) is 12.2 Å². The van der Waals surface area contributed by atoms with Crippen molar-refractivity contribution in [3.05, 3.63) is 47.3 Å². The molecule has 1 aliphatic rings. The van der Waals surface area contributed by atoms with Crippen LogP contribution in [0.2, 0.25) is 0 Å². The number of carbonyl (C=O) groups is 1. The van der Waals surface area contributed by atoms with Crippen LogP contribution in [-0.2, 0) is 6.42 Å². The number of hydrogen-bond donors (Lipinski definition) is 1. The highest BCUT2D eigenvalue weighted by Gasteiger charge is 2.22. The first kappa shape index (κ1) is 13.0. The normalized spacial score (nSPS) is 15.1. The number of nitrogens with one attached hydrogen (secondary N) is 1. The summed E-state index contributed by atoms with van der Waals surface area (Å²) >= 11 is 0. The van der Waals surface area contributed by atoms with Gasteiger partial charge in [0.1, 0.15) is 0 Å². The van der Waals surface area contributed by atoms with E-state index in [9.17, 15) is 4.79 Å². The first-order valence-corrected chi connectivity index (χ1v) is 7.04. The van der Waals surface area contributed by atoms with Crippen LogP contribution < -0.4 is 5.32 Å². The zero-order chi connectivity index (χ0) is 13.9. The van der Waals surface area contributed by atoms with Gasteiger partial charge in [-0.3, -0.25) is 4.79 Å². The van der Waals surface area contributed by atoms with Gasteiger partial charge in [0.15, 0.2) is 5.69 Å². The van der Waals surface area contributed by atoms with E-state index >= 15 is 0 Å². The molecule has 2 aromatic rings. The number of benzene rings is 1. The molecule has 0 aliphatic carbocycles. The van der Waals surface area contributed by atoms with Gasteiger partial charge in [-0.2, -0.15) is 0 Å². The van der Waals surface area contributed by atoms with Crippen LogP contribution >= 0.6 is 0 Å². The van der Waals surface area contributed by atoms with Crippen molar-refractivity contribution in [1.82, 2.24) is 20.3 Å². The summed E-state index contributed by atoms with van der Waals surface area (Å²) in [6, 6.07) is 8.10. The molecule has 0 unspecified atom stereocenters. The van der Waals surface area contributed by atoms with Gasteiger partial charge in [0, 0.05) is 18.7 Å². The molecule has 1 aliphatic heterocycles. The van der Waals surface area contributed by atoms with Crippen LogP contribution in [0.4, 0.5) is 0 Å². The molecule has 0 spiro atoms. The first-order valence-electron chi connectivity index (χ1n) is 7.04. The molecule has 3 rings (SSSR count). The third-order valence-corrected chi connectivity index (χ3v) is 3.63. The quantitative estimate of drug-likeness (QED) is 0.838. The fraction of sp³-hybridized carbons (Fsp3) is 0.400. The van der Waals surface area contributed by atoms with Gasteiger partial charge < -0.3 is 5.32 Å². The van der Waals surface area contributed by atoms with Crippen molar-refractivity contribution in [1.29, 1.82) is 0 Å². The summed E-state index contributed by atoms with van der Waals surface area (Å²) in [6.07, 6.45) is 3.89. The standard InChI is InChI=1S/C15H18N4O/c1-2-3-11-4-6-12(7-5-11)15(20)14-10-19(18-17-14)13-8-16-9-13/h4-7,10,13,16H,2-3,8-9H2,1H3. The summed E-state index contributed by atoms with van der Waals surface area (Å²) in [5.41, 5.74) is 2.34. The Labute approximate surface area is 118 Å². The fourth-order valence-electron chi connectivity index (χ4n) is 2.28. The molecule has 5 heteroatoms. The molecular formula is C15H18N4O. The Morgan fingerprint density at radius 3 is 2.70 bits per heavy atom. The van der Waals surface area contributed by atoms with E-state index in [4.69, 9.17) is 0 Å². The van der Waals surface area contributed by atoms with Crippen molar-refractivity contribution in [2.45, 2.75) is 25.8 Å². The van der Waals surface area contributed by atoms with Gasteiger partial charge >= 0.3 is 0 Å². The van der Waals surface area contributed by atoms with Gasteiger partial charge in [0.25, 0.3) is 0 Å². The van der Waals surface area contributed by atoms with E-state index in [-0.39, 0.29) is 5.78 Å². The lowest BCUT2D eigenvalue weighted by Gasteiger charge is -2.26. The number of ketones is 1. The van der Waals surface area contributed by atoms with E-state index in [0.717, 1.165) is 25.9 Å². The Hall–Kier alpha value is -2.01. The molecule has 20 heavy (non-hydrogen) atoms. The minimum absolute atomic E-state index is 0.0634. The van der Waals surface area contributed by atoms with Gasteiger partial charge in [-0.05, 0) is 12.0 Å². The first-order chi connectivity index (χ1) is 9.78. The summed E-state index contributed by atoms with van der Waals surface area (Å²) in [4.78, 5) is 12.3. The van der Waals surface area contributed by atoms with Crippen LogP contribution in [0.3, 0.4) is 0 Å². The number of rotatable bonds is 5. The third kappa shape index (κ3) is 2.49. The molecule has 1 aromatic carbocycles.